The van der Waals surface area contributed by atoms with Crippen LogP contribution in [-0.2, 0) is 6.42 Å². The molecule has 0 fully saturated rings. The summed E-state index contributed by atoms with van der Waals surface area (Å²) in [4.78, 5) is 13.0. The first-order chi connectivity index (χ1) is 10.7. The number of fused-ring (bicyclic) bond motifs is 1. The molecule has 2 aromatic rings. The lowest BCUT2D eigenvalue weighted by Crippen LogP contribution is -2.38. The molecule has 0 amide bonds. The van der Waals surface area contributed by atoms with Gasteiger partial charge in [-0.15, -0.1) is 0 Å². The summed E-state index contributed by atoms with van der Waals surface area (Å²) in [6, 6.07) is 15.7. The van der Waals surface area contributed by atoms with Gasteiger partial charge in [-0.3, -0.25) is 4.79 Å². The van der Waals surface area contributed by atoms with E-state index in [-0.39, 0.29) is 11.7 Å². The van der Waals surface area contributed by atoms with Gasteiger partial charge in [-0.25, -0.2) is 0 Å². The molecule has 0 N–H and O–H groups in total. The molecule has 0 bridgehead atoms. The lowest BCUT2D eigenvalue weighted by Gasteiger charge is -2.25. The van der Waals surface area contributed by atoms with Crippen LogP contribution in [0.15, 0.2) is 58.8 Å². The fourth-order valence-corrected chi connectivity index (χ4v) is 3.57. The van der Waals surface area contributed by atoms with Crippen molar-refractivity contribution in [2.45, 2.75) is 17.9 Å². The van der Waals surface area contributed by atoms with Crippen LogP contribution < -0.4 is 4.74 Å². The van der Waals surface area contributed by atoms with E-state index in [2.05, 4.69) is 10.2 Å². The molecule has 2 aliphatic rings. The summed E-state index contributed by atoms with van der Waals surface area (Å²) >= 11 is 0. The van der Waals surface area contributed by atoms with E-state index in [1.165, 1.54) is 0 Å². The number of azo groups is 1. The van der Waals surface area contributed by atoms with Crippen molar-refractivity contribution in [1.29, 1.82) is 0 Å². The Morgan fingerprint density at radius 3 is 2.86 bits per heavy atom. The highest BCUT2D eigenvalue weighted by Crippen LogP contribution is 2.46. The van der Waals surface area contributed by atoms with E-state index in [0.29, 0.717) is 13.0 Å². The first kappa shape index (κ1) is 13.2. The number of carbonyl (C=O) groups is 1. The normalized spacial score (nSPS) is 25.7. The monoisotopic (exact) mass is 292 g/mol. The zero-order valence-electron chi connectivity index (χ0n) is 12.3. The SMILES string of the molecule is COc1cccc([C@H]2CN=N[C@]23Cc2ccccc2C3=O)c1. The minimum absolute atomic E-state index is 0.0255. The second-order valence-electron chi connectivity index (χ2n) is 5.84. The molecule has 2 aromatic carbocycles. The van der Waals surface area contributed by atoms with Crippen molar-refractivity contribution in [3.63, 3.8) is 0 Å². The maximum Gasteiger partial charge on any atom is 0.193 e. The van der Waals surface area contributed by atoms with Gasteiger partial charge in [-0.1, -0.05) is 36.4 Å². The second kappa shape index (κ2) is 4.77. The molecule has 0 saturated carbocycles. The molecule has 0 unspecified atom stereocenters. The molecule has 1 aliphatic heterocycles. The number of methoxy groups -OCH3 is 1. The highest BCUT2D eigenvalue weighted by Gasteiger charge is 2.54. The number of ketones is 1. The molecule has 1 aliphatic carbocycles. The smallest absolute Gasteiger partial charge is 0.193 e. The number of Topliss-reactive ketones (excluding diaryl/α,β-unsaturated/α-hetero) is 1. The third-order valence-corrected chi connectivity index (χ3v) is 4.70. The van der Waals surface area contributed by atoms with Crippen molar-refractivity contribution in [2.75, 3.05) is 13.7 Å². The van der Waals surface area contributed by atoms with E-state index < -0.39 is 5.54 Å². The predicted octanol–water partition coefficient (Wildman–Crippen LogP) is 3.42. The Hall–Kier alpha value is -2.49. The van der Waals surface area contributed by atoms with Crippen LogP contribution in [0.1, 0.15) is 27.4 Å². The number of ether oxygens (including phenoxy) is 1. The van der Waals surface area contributed by atoms with E-state index in [1.54, 1.807) is 7.11 Å². The summed E-state index contributed by atoms with van der Waals surface area (Å²) in [5, 5.41) is 8.64. The summed E-state index contributed by atoms with van der Waals surface area (Å²) in [7, 11) is 1.65. The van der Waals surface area contributed by atoms with Gasteiger partial charge in [0.25, 0.3) is 0 Å². The van der Waals surface area contributed by atoms with Crippen molar-refractivity contribution in [2.24, 2.45) is 10.2 Å². The fourth-order valence-electron chi connectivity index (χ4n) is 3.57. The number of carbonyl (C=O) groups excluding carboxylic acids is 1. The number of hydrogen-bond acceptors (Lipinski definition) is 4. The molecule has 2 atom stereocenters. The average Bonchev–Trinajstić information content (AvgIpc) is 3.11. The van der Waals surface area contributed by atoms with E-state index in [9.17, 15) is 4.79 Å². The maximum atomic E-state index is 13.0. The molecule has 22 heavy (non-hydrogen) atoms. The Morgan fingerprint density at radius 2 is 2.05 bits per heavy atom. The fraction of sp³-hybridized carbons (Fsp3) is 0.278. The standard InChI is InChI=1S/C18H16N2O2/c1-22-14-7-4-6-12(9-14)16-11-19-20-18(16)10-13-5-2-3-8-15(13)17(18)21/h2-9,16H,10-11H2,1H3/t16-,18-/m1/s1. The Labute approximate surface area is 128 Å². The summed E-state index contributed by atoms with van der Waals surface area (Å²) in [6.45, 7) is 0.549. The number of benzene rings is 2. The molecular formula is C18H16N2O2. The maximum absolute atomic E-state index is 13.0. The molecule has 110 valence electrons. The first-order valence-corrected chi connectivity index (χ1v) is 7.40. The molecule has 4 heteroatoms. The van der Waals surface area contributed by atoms with Gasteiger partial charge in [-0.2, -0.15) is 10.2 Å². The lowest BCUT2D eigenvalue weighted by molar-refractivity contribution is 0.0897. The largest absolute Gasteiger partial charge is 0.497 e. The summed E-state index contributed by atoms with van der Waals surface area (Å²) < 4.78 is 5.31. The molecule has 0 saturated heterocycles. The highest BCUT2D eigenvalue weighted by atomic mass is 16.5. The topological polar surface area (TPSA) is 51.0 Å². The average molecular weight is 292 g/mol. The van der Waals surface area contributed by atoms with Crippen LogP contribution in [0.2, 0.25) is 0 Å². The van der Waals surface area contributed by atoms with Crippen molar-refractivity contribution >= 4 is 5.78 Å². The first-order valence-electron chi connectivity index (χ1n) is 7.40. The minimum atomic E-state index is -0.768. The van der Waals surface area contributed by atoms with Crippen LogP contribution in [-0.4, -0.2) is 25.0 Å². The lowest BCUT2D eigenvalue weighted by atomic mass is 9.78. The van der Waals surface area contributed by atoms with Crippen LogP contribution in [0.4, 0.5) is 0 Å². The van der Waals surface area contributed by atoms with E-state index in [4.69, 9.17) is 4.74 Å². The van der Waals surface area contributed by atoms with Gasteiger partial charge < -0.3 is 4.74 Å². The molecule has 0 radical (unpaired) electrons. The van der Waals surface area contributed by atoms with Crippen molar-refractivity contribution in [3.8, 4) is 5.75 Å². The Morgan fingerprint density at radius 1 is 1.18 bits per heavy atom. The number of nitrogens with zero attached hydrogens (tertiary/aromatic N) is 2. The van der Waals surface area contributed by atoms with Crippen molar-refractivity contribution in [3.05, 3.63) is 65.2 Å². The molecule has 1 spiro atoms. The molecule has 4 nitrogen and oxygen atoms in total. The highest BCUT2D eigenvalue weighted by molar-refractivity contribution is 6.08. The van der Waals surface area contributed by atoms with Crippen LogP contribution in [0.5, 0.6) is 5.75 Å². The molecule has 4 rings (SSSR count). The van der Waals surface area contributed by atoms with Gasteiger partial charge in [0, 0.05) is 17.9 Å². The van der Waals surface area contributed by atoms with Crippen molar-refractivity contribution in [1.82, 2.24) is 0 Å². The quantitative estimate of drug-likeness (QED) is 0.851. The van der Waals surface area contributed by atoms with Gasteiger partial charge >= 0.3 is 0 Å². The number of hydrogen-bond donors (Lipinski definition) is 0. The summed E-state index contributed by atoms with van der Waals surface area (Å²) in [6.07, 6.45) is 0.632. The third-order valence-electron chi connectivity index (χ3n) is 4.70. The minimum Gasteiger partial charge on any atom is -0.497 e. The van der Waals surface area contributed by atoms with Crippen LogP contribution in [0.25, 0.3) is 0 Å². The third kappa shape index (κ3) is 1.73. The summed E-state index contributed by atoms with van der Waals surface area (Å²) in [5.41, 5.74) is 2.15. The van der Waals surface area contributed by atoms with Gasteiger partial charge in [0.1, 0.15) is 5.75 Å². The zero-order valence-corrected chi connectivity index (χ0v) is 12.3. The van der Waals surface area contributed by atoms with Crippen LogP contribution >= 0.6 is 0 Å². The molecule has 1 heterocycles. The van der Waals surface area contributed by atoms with Crippen LogP contribution in [0, 0.1) is 0 Å². The van der Waals surface area contributed by atoms with Gasteiger partial charge in [-0.05, 0) is 23.3 Å². The van der Waals surface area contributed by atoms with E-state index in [1.807, 2.05) is 48.5 Å². The summed E-state index contributed by atoms with van der Waals surface area (Å²) in [5.74, 6) is 0.863. The van der Waals surface area contributed by atoms with Gasteiger partial charge in [0.05, 0.1) is 13.7 Å². The van der Waals surface area contributed by atoms with E-state index >= 15 is 0 Å². The number of rotatable bonds is 2. The van der Waals surface area contributed by atoms with Crippen LogP contribution in [0.3, 0.4) is 0 Å². The Bertz CT molecular complexity index is 784. The van der Waals surface area contributed by atoms with Gasteiger partial charge in [0.15, 0.2) is 11.3 Å². The second-order valence-corrected chi connectivity index (χ2v) is 5.84. The van der Waals surface area contributed by atoms with Crippen molar-refractivity contribution < 1.29 is 9.53 Å². The van der Waals surface area contributed by atoms with E-state index in [0.717, 1.165) is 22.4 Å². The Kier molecular flexibility index (Phi) is 2.86. The Balaban J connectivity index is 1.79. The van der Waals surface area contributed by atoms with Gasteiger partial charge in [0.2, 0.25) is 0 Å². The molecule has 0 aromatic heterocycles. The zero-order chi connectivity index (χ0) is 15.2. The molecular weight excluding hydrogens is 276 g/mol. The predicted molar refractivity (Wildman–Crippen MR) is 82.7 cm³/mol.